The van der Waals surface area contributed by atoms with Gasteiger partial charge in [-0.3, -0.25) is 4.79 Å². The molecule has 0 unspecified atom stereocenters. The van der Waals surface area contributed by atoms with Crippen molar-refractivity contribution in [2.75, 3.05) is 13.2 Å². The molecule has 1 aliphatic carbocycles. The minimum Gasteiger partial charge on any atom is -0.396 e. The minimum absolute atomic E-state index is 0.00840. The van der Waals surface area contributed by atoms with Crippen LogP contribution in [-0.4, -0.2) is 24.2 Å². The van der Waals surface area contributed by atoms with Crippen molar-refractivity contribution in [3.63, 3.8) is 0 Å². The van der Waals surface area contributed by atoms with Crippen molar-refractivity contribution < 1.29 is 9.90 Å². The zero-order valence-corrected chi connectivity index (χ0v) is 13.5. The van der Waals surface area contributed by atoms with E-state index in [1.807, 2.05) is 24.3 Å². The van der Waals surface area contributed by atoms with Crippen molar-refractivity contribution in [1.82, 2.24) is 5.32 Å². The summed E-state index contributed by atoms with van der Waals surface area (Å²) in [7, 11) is 0. The van der Waals surface area contributed by atoms with E-state index in [-0.39, 0.29) is 23.3 Å². The molecular formula is C17H24ClNO2. The molecule has 116 valence electrons. The molecule has 1 amide bonds. The lowest BCUT2D eigenvalue weighted by Gasteiger charge is -2.26. The van der Waals surface area contributed by atoms with Gasteiger partial charge in [0.05, 0.1) is 5.41 Å². The van der Waals surface area contributed by atoms with Gasteiger partial charge in [0, 0.05) is 18.2 Å². The molecule has 1 saturated carbocycles. The van der Waals surface area contributed by atoms with E-state index in [1.165, 1.54) is 0 Å². The molecular weight excluding hydrogens is 286 g/mol. The first kappa shape index (κ1) is 16.3. The molecule has 4 heteroatoms. The van der Waals surface area contributed by atoms with E-state index in [0.29, 0.717) is 11.6 Å². The Morgan fingerprint density at radius 2 is 1.95 bits per heavy atom. The summed E-state index contributed by atoms with van der Waals surface area (Å²) >= 11 is 5.91. The van der Waals surface area contributed by atoms with Crippen LogP contribution in [0, 0.1) is 5.41 Å². The summed E-state index contributed by atoms with van der Waals surface area (Å²) in [5.41, 5.74) is 0.712. The van der Waals surface area contributed by atoms with Gasteiger partial charge in [-0.15, -0.1) is 0 Å². The van der Waals surface area contributed by atoms with Crippen LogP contribution in [0.1, 0.15) is 45.1 Å². The first-order valence-corrected chi connectivity index (χ1v) is 7.93. The van der Waals surface area contributed by atoms with Crippen LogP contribution in [0.2, 0.25) is 5.02 Å². The lowest BCUT2D eigenvalue weighted by Crippen LogP contribution is -2.40. The van der Waals surface area contributed by atoms with E-state index >= 15 is 0 Å². The molecule has 0 atom stereocenters. The van der Waals surface area contributed by atoms with Gasteiger partial charge >= 0.3 is 0 Å². The summed E-state index contributed by atoms with van der Waals surface area (Å²) in [6.07, 6.45) is 3.47. The number of benzene rings is 1. The zero-order valence-electron chi connectivity index (χ0n) is 12.8. The van der Waals surface area contributed by atoms with Crippen molar-refractivity contribution in [1.29, 1.82) is 0 Å². The van der Waals surface area contributed by atoms with Gasteiger partial charge in [-0.2, -0.15) is 0 Å². The number of amides is 1. The first-order valence-electron chi connectivity index (χ1n) is 7.55. The van der Waals surface area contributed by atoms with Crippen LogP contribution >= 0.6 is 11.6 Å². The number of aliphatic hydroxyl groups is 1. The van der Waals surface area contributed by atoms with Crippen molar-refractivity contribution in [2.24, 2.45) is 5.41 Å². The Kier molecular flexibility index (Phi) is 4.95. The quantitative estimate of drug-likeness (QED) is 0.812. The van der Waals surface area contributed by atoms with Crippen molar-refractivity contribution in [3.05, 3.63) is 34.9 Å². The van der Waals surface area contributed by atoms with Gasteiger partial charge in [0.15, 0.2) is 0 Å². The maximum atomic E-state index is 12.5. The average molecular weight is 310 g/mol. The SMILES string of the molecule is CC(C)(CCCO)CNC(=O)C1(c2ccc(Cl)cc2)CC1. The van der Waals surface area contributed by atoms with Crippen LogP contribution in [-0.2, 0) is 10.2 Å². The van der Waals surface area contributed by atoms with Crippen LogP contribution in [0.5, 0.6) is 0 Å². The highest BCUT2D eigenvalue weighted by Gasteiger charge is 2.51. The Labute approximate surface area is 131 Å². The van der Waals surface area contributed by atoms with Crippen LogP contribution < -0.4 is 5.32 Å². The Morgan fingerprint density at radius 1 is 1.33 bits per heavy atom. The van der Waals surface area contributed by atoms with Crippen molar-refractivity contribution >= 4 is 17.5 Å². The minimum atomic E-state index is -0.350. The first-order chi connectivity index (χ1) is 9.89. The van der Waals surface area contributed by atoms with Crippen LogP contribution in [0.25, 0.3) is 0 Å². The largest absolute Gasteiger partial charge is 0.396 e. The fraction of sp³-hybridized carbons (Fsp3) is 0.588. The zero-order chi connectivity index (χ0) is 15.5. The van der Waals surface area contributed by atoms with Crippen LogP contribution in [0.3, 0.4) is 0 Å². The molecule has 21 heavy (non-hydrogen) atoms. The van der Waals surface area contributed by atoms with Crippen LogP contribution in [0.4, 0.5) is 0 Å². The molecule has 0 aliphatic heterocycles. The number of carbonyl (C=O) groups is 1. The third-order valence-corrected chi connectivity index (χ3v) is 4.57. The molecule has 0 spiro atoms. The van der Waals surface area contributed by atoms with E-state index in [2.05, 4.69) is 19.2 Å². The predicted molar refractivity (Wildman–Crippen MR) is 85.5 cm³/mol. The second kappa shape index (κ2) is 6.37. The average Bonchev–Trinajstić information content (AvgIpc) is 3.25. The second-order valence-corrected chi connectivity index (χ2v) is 7.20. The van der Waals surface area contributed by atoms with Gasteiger partial charge in [0.25, 0.3) is 0 Å². The molecule has 0 saturated heterocycles. The van der Waals surface area contributed by atoms with Gasteiger partial charge in [-0.25, -0.2) is 0 Å². The standard InChI is InChI=1S/C17H24ClNO2/c1-16(2,8-3-11-20)12-19-15(21)17(9-10-17)13-4-6-14(18)7-5-13/h4-7,20H,3,8-12H2,1-2H3,(H,19,21). The highest BCUT2D eigenvalue weighted by molar-refractivity contribution is 6.30. The Bertz CT molecular complexity index is 492. The lowest BCUT2D eigenvalue weighted by atomic mass is 9.87. The van der Waals surface area contributed by atoms with Gasteiger partial charge in [0.1, 0.15) is 0 Å². The molecule has 2 rings (SSSR count). The van der Waals surface area contributed by atoms with E-state index in [0.717, 1.165) is 31.2 Å². The third kappa shape index (κ3) is 3.98. The molecule has 3 nitrogen and oxygen atoms in total. The number of hydrogen-bond acceptors (Lipinski definition) is 2. The van der Waals surface area contributed by atoms with E-state index in [9.17, 15) is 4.79 Å². The fourth-order valence-electron chi connectivity index (χ4n) is 2.68. The summed E-state index contributed by atoms with van der Waals surface area (Å²) < 4.78 is 0. The smallest absolute Gasteiger partial charge is 0.230 e. The van der Waals surface area contributed by atoms with Gasteiger partial charge < -0.3 is 10.4 Å². The number of halogens is 1. The van der Waals surface area contributed by atoms with Gasteiger partial charge in [-0.05, 0) is 48.8 Å². The molecule has 1 fully saturated rings. The lowest BCUT2D eigenvalue weighted by molar-refractivity contribution is -0.124. The van der Waals surface area contributed by atoms with E-state index in [1.54, 1.807) is 0 Å². The number of rotatable bonds is 7. The van der Waals surface area contributed by atoms with Crippen LogP contribution in [0.15, 0.2) is 24.3 Å². The Morgan fingerprint density at radius 3 is 2.48 bits per heavy atom. The highest BCUT2D eigenvalue weighted by Crippen LogP contribution is 2.48. The molecule has 1 aliphatic rings. The van der Waals surface area contributed by atoms with Gasteiger partial charge in [-0.1, -0.05) is 37.6 Å². The maximum absolute atomic E-state index is 12.5. The molecule has 0 aromatic heterocycles. The normalized spacial score (nSPS) is 16.6. The Balaban J connectivity index is 1.95. The number of aliphatic hydroxyl groups excluding tert-OH is 1. The number of nitrogens with one attached hydrogen (secondary N) is 1. The molecule has 0 bridgehead atoms. The third-order valence-electron chi connectivity index (χ3n) is 4.32. The van der Waals surface area contributed by atoms with E-state index < -0.39 is 0 Å². The summed E-state index contributed by atoms with van der Waals surface area (Å²) in [5, 5.41) is 12.7. The maximum Gasteiger partial charge on any atom is 0.230 e. The molecule has 0 heterocycles. The molecule has 0 radical (unpaired) electrons. The predicted octanol–water partition coefficient (Wildman–Crippen LogP) is 3.29. The summed E-state index contributed by atoms with van der Waals surface area (Å²) in [6.45, 7) is 5.07. The fourth-order valence-corrected chi connectivity index (χ4v) is 2.80. The molecule has 2 N–H and O–H groups in total. The van der Waals surface area contributed by atoms with Crippen molar-refractivity contribution in [3.8, 4) is 0 Å². The number of carbonyl (C=O) groups excluding carboxylic acids is 1. The second-order valence-electron chi connectivity index (χ2n) is 6.76. The topological polar surface area (TPSA) is 49.3 Å². The van der Waals surface area contributed by atoms with E-state index in [4.69, 9.17) is 16.7 Å². The van der Waals surface area contributed by atoms with Gasteiger partial charge in [0.2, 0.25) is 5.91 Å². The number of hydrogen-bond donors (Lipinski definition) is 2. The molecule has 1 aromatic carbocycles. The highest BCUT2D eigenvalue weighted by atomic mass is 35.5. The summed E-state index contributed by atoms with van der Waals surface area (Å²) in [4.78, 5) is 12.5. The summed E-state index contributed by atoms with van der Waals surface area (Å²) in [6, 6.07) is 7.59. The monoisotopic (exact) mass is 309 g/mol. The van der Waals surface area contributed by atoms with Crippen molar-refractivity contribution in [2.45, 2.75) is 44.9 Å². The Hall–Kier alpha value is -1.06. The molecule has 1 aromatic rings. The summed E-state index contributed by atoms with van der Waals surface area (Å²) in [5.74, 6) is 0.113.